The first-order chi connectivity index (χ1) is 11.4. The number of anilines is 1. The molecule has 1 saturated heterocycles. The summed E-state index contributed by atoms with van der Waals surface area (Å²) in [5, 5.41) is 12.9. The number of hydrogen-bond acceptors (Lipinski definition) is 5. The van der Waals surface area contributed by atoms with Crippen LogP contribution in [0.5, 0.6) is 0 Å². The molecule has 2 aromatic rings. The molecule has 1 aliphatic rings. The minimum atomic E-state index is -3.81. The summed E-state index contributed by atoms with van der Waals surface area (Å²) >= 11 is 0. The van der Waals surface area contributed by atoms with Crippen LogP contribution in [0.1, 0.15) is 12.0 Å². The second kappa shape index (κ2) is 6.22. The molecule has 126 valence electrons. The maximum atomic E-state index is 13.4. The molecule has 3 rings (SSSR count). The standard InChI is InChI=1S/C15H16FN5O2S/c1-20-10-13(8-18-20)21-5-4-12(9-21)19-24(22,23)14-2-3-15(16)11(6-14)7-17/h2-3,6,8,10,12,19H,4-5,9H2,1H3/t12-/m1/s1. The van der Waals surface area contributed by atoms with E-state index in [1.165, 1.54) is 0 Å². The zero-order valence-corrected chi connectivity index (χ0v) is 13.8. The van der Waals surface area contributed by atoms with Crippen molar-refractivity contribution in [2.75, 3.05) is 18.0 Å². The van der Waals surface area contributed by atoms with Crippen molar-refractivity contribution in [3.63, 3.8) is 0 Å². The van der Waals surface area contributed by atoms with Gasteiger partial charge in [-0.25, -0.2) is 17.5 Å². The molecule has 0 radical (unpaired) electrons. The molecular weight excluding hydrogens is 333 g/mol. The molecule has 0 saturated carbocycles. The van der Waals surface area contributed by atoms with Crippen molar-refractivity contribution in [3.8, 4) is 6.07 Å². The molecule has 1 aliphatic heterocycles. The van der Waals surface area contributed by atoms with Crippen molar-refractivity contribution in [1.82, 2.24) is 14.5 Å². The van der Waals surface area contributed by atoms with Gasteiger partial charge in [-0.1, -0.05) is 0 Å². The number of nitrogens with zero attached hydrogens (tertiary/aromatic N) is 4. The topological polar surface area (TPSA) is 91.0 Å². The zero-order chi connectivity index (χ0) is 17.3. The Hall–Kier alpha value is -2.44. The van der Waals surface area contributed by atoms with Gasteiger partial charge in [0.2, 0.25) is 10.0 Å². The van der Waals surface area contributed by atoms with E-state index in [2.05, 4.69) is 9.82 Å². The second-order valence-electron chi connectivity index (χ2n) is 5.68. The molecule has 0 amide bonds. The minimum absolute atomic E-state index is 0.111. The summed E-state index contributed by atoms with van der Waals surface area (Å²) in [6, 6.07) is 4.58. The third-order valence-electron chi connectivity index (χ3n) is 3.94. The van der Waals surface area contributed by atoms with E-state index in [4.69, 9.17) is 5.26 Å². The van der Waals surface area contributed by atoms with Gasteiger partial charge in [-0.2, -0.15) is 10.4 Å². The molecule has 9 heteroatoms. The molecule has 7 nitrogen and oxygen atoms in total. The summed E-state index contributed by atoms with van der Waals surface area (Å²) in [4.78, 5) is 1.94. The Bertz CT molecular complexity index is 903. The smallest absolute Gasteiger partial charge is 0.240 e. The first-order valence-corrected chi connectivity index (χ1v) is 8.83. The van der Waals surface area contributed by atoms with Crippen molar-refractivity contribution < 1.29 is 12.8 Å². The third kappa shape index (κ3) is 3.25. The van der Waals surface area contributed by atoms with Gasteiger partial charge < -0.3 is 4.90 Å². The maximum Gasteiger partial charge on any atom is 0.240 e. The van der Waals surface area contributed by atoms with Gasteiger partial charge in [0.1, 0.15) is 11.9 Å². The lowest BCUT2D eigenvalue weighted by Crippen LogP contribution is -2.37. The molecule has 1 fully saturated rings. The van der Waals surface area contributed by atoms with Crippen LogP contribution in [0.2, 0.25) is 0 Å². The average Bonchev–Trinajstić information content (AvgIpc) is 3.16. The van der Waals surface area contributed by atoms with Crippen LogP contribution in [-0.2, 0) is 17.1 Å². The summed E-state index contributed by atoms with van der Waals surface area (Å²) in [5.41, 5.74) is 0.647. The number of aryl methyl sites for hydroxylation is 1. The van der Waals surface area contributed by atoms with Crippen LogP contribution >= 0.6 is 0 Å². The quantitative estimate of drug-likeness (QED) is 0.889. The van der Waals surface area contributed by atoms with E-state index in [0.717, 1.165) is 23.9 Å². The Kier molecular flexibility index (Phi) is 4.26. The largest absolute Gasteiger partial charge is 0.367 e. The fourth-order valence-corrected chi connectivity index (χ4v) is 3.99. The Morgan fingerprint density at radius 3 is 2.92 bits per heavy atom. The van der Waals surface area contributed by atoms with Crippen molar-refractivity contribution in [2.45, 2.75) is 17.4 Å². The number of nitriles is 1. The van der Waals surface area contributed by atoms with Gasteiger partial charge in [0.05, 0.1) is 22.3 Å². The predicted octanol–water partition coefficient (Wildman–Crippen LogP) is 0.988. The highest BCUT2D eigenvalue weighted by Crippen LogP contribution is 2.21. The lowest BCUT2D eigenvalue weighted by molar-refractivity contribution is 0.560. The van der Waals surface area contributed by atoms with Crippen molar-refractivity contribution in [2.24, 2.45) is 7.05 Å². The Labute approximate surface area is 139 Å². The number of halogens is 1. The summed E-state index contributed by atoms with van der Waals surface area (Å²) in [7, 11) is -1.99. The molecule has 0 unspecified atom stereocenters. The molecular formula is C15H16FN5O2S. The molecule has 2 heterocycles. The predicted molar refractivity (Wildman–Crippen MR) is 85.3 cm³/mol. The number of benzene rings is 1. The Balaban J connectivity index is 1.73. The summed E-state index contributed by atoms with van der Waals surface area (Å²) < 4.78 is 42.5. The molecule has 24 heavy (non-hydrogen) atoms. The van der Waals surface area contributed by atoms with E-state index in [1.54, 1.807) is 16.9 Å². The zero-order valence-electron chi connectivity index (χ0n) is 13.0. The van der Waals surface area contributed by atoms with Crippen LogP contribution in [0.15, 0.2) is 35.5 Å². The highest BCUT2D eigenvalue weighted by atomic mass is 32.2. The second-order valence-corrected chi connectivity index (χ2v) is 7.39. The van der Waals surface area contributed by atoms with E-state index in [-0.39, 0.29) is 16.5 Å². The number of aromatic nitrogens is 2. The summed E-state index contributed by atoms with van der Waals surface area (Å²) in [6.07, 6.45) is 4.26. The monoisotopic (exact) mass is 349 g/mol. The van der Waals surface area contributed by atoms with Crippen LogP contribution in [0.4, 0.5) is 10.1 Å². The molecule has 1 aromatic carbocycles. The number of nitrogens with one attached hydrogen (secondary N) is 1. The van der Waals surface area contributed by atoms with Crippen LogP contribution in [0.3, 0.4) is 0 Å². The summed E-state index contributed by atoms with van der Waals surface area (Å²) in [5.74, 6) is -0.736. The van der Waals surface area contributed by atoms with Crippen LogP contribution in [0.25, 0.3) is 0 Å². The van der Waals surface area contributed by atoms with Gasteiger partial charge in [0.25, 0.3) is 0 Å². The molecule has 0 aliphatic carbocycles. The molecule has 1 aromatic heterocycles. The van der Waals surface area contributed by atoms with Gasteiger partial charge in [0, 0.05) is 32.4 Å². The Morgan fingerprint density at radius 2 is 2.25 bits per heavy atom. The normalized spacial score (nSPS) is 17.9. The Morgan fingerprint density at radius 1 is 1.46 bits per heavy atom. The minimum Gasteiger partial charge on any atom is -0.367 e. The molecule has 0 spiro atoms. The summed E-state index contributed by atoms with van der Waals surface area (Å²) in [6.45, 7) is 1.24. The SMILES string of the molecule is Cn1cc(N2CC[C@@H](NS(=O)(=O)c3ccc(F)c(C#N)c3)C2)cn1. The van der Waals surface area contributed by atoms with Crippen molar-refractivity contribution >= 4 is 15.7 Å². The third-order valence-corrected chi connectivity index (χ3v) is 5.45. The lowest BCUT2D eigenvalue weighted by Gasteiger charge is -2.17. The molecule has 1 N–H and O–H groups in total. The first-order valence-electron chi connectivity index (χ1n) is 7.34. The van der Waals surface area contributed by atoms with Crippen LogP contribution in [0, 0.1) is 17.1 Å². The van der Waals surface area contributed by atoms with Gasteiger partial charge in [0.15, 0.2) is 0 Å². The van der Waals surface area contributed by atoms with Gasteiger partial charge >= 0.3 is 0 Å². The van der Waals surface area contributed by atoms with Crippen LogP contribution < -0.4 is 9.62 Å². The number of rotatable bonds is 4. The maximum absolute atomic E-state index is 13.4. The van der Waals surface area contributed by atoms with Crippen molar-refractivity contribution in [3.05, 3.63) is 42.0 Å². The van der Waals surface area contributed by atoms with Gasteiger partial charge in [-0.15, -0.1) is 0 Å². The van der Waals surface area contributed by atoms with E-state index >= 15 is 0 Å². The fourth-order valence-electron chi connectivity index (χ4n) is 2.71. The first kappa shape index (κ1) is 16.4. The highest BCUT2D eigenvalue weighted by Gasteiger charge is 2.28. The lowest BCUT2D eigenvalue weighted by atomic mass is 10.2. The fraction of sp³-hybridized carbons (Fsp3) is 0.333. The molecule has 1 atom stereocenters. The van der Waals surface area contributed by atoms with Gasteiger partial charge in [-0.05, 0) is 24.6 Å². The van der Waals surface area contributed by atoms with E-state index in [1.807, 2.05) is 18.1 Å². The van der Waals surface area contributed by atoms with E-state index < -0.39 is 15.8 Å². The number of hydrogen-bond donors (Lipinski definition) is 1. The highest BCUT2D eigenvalue weighted by molar-refractivity contribution is 7.89. The van der Waals surface area contributed by atoms with E-state index in [0.29, 0.717) is 19.5 Å². The molecule has 0 bridgehead atoms. The van der Waals surface area contributed by atoms with Crippen molar-refractivity contribution in [1.29, 1.82) is 5.26 Å². The average molecular weight is 349 g/mol. The van der Waals surface area contributed by atoms with Crippen LogP contribution in [-0.4, -0.2) is 37.3 Å². The van der Waals surface area contributed by atoms with E-state index in [9.17, 15) is 12.8 Å². The number of sulfonamides is 1. The van der Waals surface area contributed by atoms with Gasteiger partial charge in [-0.3, -0.25) is 4.68 Å².